The van der Waals surface area contributed by atoms with Gasteiger partial charge in [-0.05, 0) is 196 Å². The van der Waals surface area contributed by atoms with E-state index in [1.54, 1.807) is 16.7 Å². The fourth-order valence-electron chi connectivity index (χ4n) is 8.92. The molecule has 0 N–H and O–H groups in total. The van der Waals surface area contributed by atoms with Crippen LogP contribution in [0.3, 0.4) is 0 Å². The summed E-state index contributed by atoms with van der Waals surface area (Å²) in [7, 11) is 0. The van der Waals surface area contributed by atoms with Crippen LogP contribution in [0.5, 0.6) is 0 Å². The van der Waals surface area contributed by atoms with E-state index in [1.165, 1.54) is 105 Å². The van der Waals surface area contributed by atoms with Crippen molar-refractivity contribution in [1.29, 1.82) is 0 Å². The minimum absolute atomic E-state index is 0. The largest absolute Gasteiger partial charge is 2.00 e. The minimum Gasteiger partial charge on any atom is -1.00 e. The van der Waals surface area contributed by atoms with E-state index in [-0.39, 0.29) is 51.0 Å². The number of hydrogen-bond acceptors (Lipinski definition) is 0. The Morgan fingerprint density at radius 2 is 1.28 bits per heavy atom. The van der Waals surface area contributed by atoms with E-state index in [2.05, 4.69) is 104 Å². The van der Waals surface area contributed by atoms with E-state index in [4.69, 9.17) is 0 Å². The predicted octanol–water partition coefficient (Wildman–Crippen LogP) is 0.467. The van der Waals surface area contributed by atoms with Crippen LogP contribution in [0.15, 0.2) is 53.1 Å². The first-order chi connectivity index (χ1) is 19.2. The maximum Gasteiger partial charge on any atom is 2.00 e. The van der Waals surface area contributed by atoms with E-state index in [0.29, 0.717) is 11.8 Å². The van der Waals surface area contributed by atoms with Crippen molar-refractivity contribution >= 4 is 28.9 Å². The van der Waals surface area contributed by atoms with Crippen LogP contribution in [0, 0.1) is 63.8 Å². The SMILES string of the molecule is CC1=C(C2CCC3C=CC4=c5ccccc5=CC4=C32)c2c3c(c(C)c(C)c2=C1C)=c1c(C)c(C)c(C)c(C)c1=C3.[Cl-].[Cl-].[Zr+2]. The van der Waals surface area contributed by atoms with E-state index in [1.807, 2.05) is 0 Å². The molecule has 216 valence electrons. The Hall–Kier alpha value is -2.18. The van der Waals surface area contributed by atoms with E-state index < -0.39 is 0 Å². The van der Waals surface area contributed by atoms with Crippen molar-refractivity contribution in [2.45, 2.75) is 68.2 Å². The molecule has 43 heavy (non-hydrogen) atoms. The van der Waals surface area contributed by atoms with Crippen LogP contribution in [0.1, 0.15) is 71.2 Å². The van der Waals surface area contributed by atoms with Gasteiger partial charge in [0.05, 0.1) is 0 Å². The first-order valence-electron chi connectivity index (χ1n) is 15.1. The minimum atomic E-state index is 0. The predicted molar refractivity (Wildman–Crippen MR) is 169 cm³/mol. The zero-order valence-electron chi connectivity index (χ0n) is 26.4. The molecule has 3 heteroatoms. The first kappa shape index (κ1) is 32.2. The van der Waals surface area contributed by atoms with Gasteiger partial charge in [0.1, 0.15) is 0 Å². The molecule has 0 nitrogen and oxygen atoms in total. The van der Waals surface area contributed by atoms with Gasteiger partial charge >= 0.3 is 26.2 Å². The molecular weight excluding hydrogens is 643 g/mol. The van der Waals surface area contributed by atoms with Gasteiger partial charge in [-0.25, -0.2) is 0 Å². The number of allylic oxidation sites excluding steroid dienone is 6. The van der Waals surface area contributed by atoms with Gasteiger partial charge in [-0.3, -0.25) is 0 Å². The van der Waals surface area contributed by atoms with Crippen molar-refractivity contribution in [3.63, 3.8) is 0 Å². The van der Waals surface area contributed by atoms with Crippen molar-refractivity contribution in [3.8, 4) is 0 Å². The quantitative estimate of drug-likeness (QED) is 0.275. The summed E-state index contributed by atoms with van der Waals surface area (Å²) in [6.45, 7) is 18.8. The van der Waals surface area contributed by atoms with E-state index in [9.17, 15) is 0 Å². The van der Waals surface area contributed by atoms with Crippen LogP contribution >= 0.6 is 0 Å². The Balaban J connectivity index is 0.00000123. The molecule has 0 amide bonds. The van der Waals surface area contributed by atoms with E-state index >= 15 is 0 Å². The fraction of sp³-hybridized carbons (Fsp3) is 0.300. The Morgan fingerprint density at radius 1 is 0.628 bits per heavy atom. The number of hydrogen-bond donors (Lipinski definition) is 0. The van der Waals surface area contributed by atoms with Crippen LogP contribution in [-0.2, 0) is 26.2 Å². The Bertz CT molecular complexity index is 2240. The molecule has 0 radical (unpaired) electrons. The van der Waals surface area contributed by atoms with Crippen LogP contribution in [0.25, 0.3) is 28.9 Å². The molecule has 1 fully saturated rings. The number of rotatable bonds is 1. The summed E-state index contributed by atoms with van der Waals surface area (Å²) in [4.78, 5) is 0. The van der Waals surface area contributed by atoms with Gasteiger partial charge in [0, 0.05) is 5.92 Å². The second-order valence-corrected chi connectivity index (χ2v) is 13.0. The molecule has 0 bridgehead atoms. The summed E-state index contributed by atoms with van der Waals surface area (Å²) in [5, 5.41) is 8.73. The number of fused-ring (bicyclic) bond motifs is 7. The van der Waals surface area contributed by atoms with Crippen LogP contribution in [0.4, 0.5) is 0 Å². The third-order valence-electron chi connectivity index (χ3n) is 11.5. The summed E-state index contributed by atoms with van der Waals surface area (Å²) >= 11 is 0. The number of halogens is 2. The Morgan fingerprint density at radius 3 is 2.02 bits per heavy atom. The standard InChI is InChI=1S/C40H38.2ClH.Zr/c1-19-20(2)22(4)37-32(21(19)3)18-34-38(37)26(8)24(6)35-23(5)25(7)36(40(34)35)31-16-14-27-13-15-30-29-12-10-9-11-28(29)17-33(30)39(27)31;;;/h9-13,15,17-18,27,31H,14,16H2,1-8H3;2*1H;/q;;;+2/p-2. The van der Waals surface area contributed by atoms with Crippen molar-refractivity contribution in [2.24, 2.45) is 11.8 Å². The Labute approximate surface area is 287 Å². The summed E-state index contributed by atoms with van der Waals surface area (Å²) in [5.41, 5.74) is 21.0. The summed E-state index contributed by atoms with van der Waals surface area (Å²) in [5.74, 6) is 1.02. The van der Waals surface area contributed by atoms with Gasteiger partial charge in [0.25, 0.3) is 0 Å². The molecule has 0 heterocycles. The molecule has 3 aromatic rings. The number of benzene rings is 3. The zero-order chi connectivity index (χ0) is 27.8. The van der Waals surface area contributed by atoms with Crippen molar-refractivity contribution in [2.75, 3.05) is 0 Å². The van der Waals surface area contributed by atoms with E-state index in [0.717, 1.165) is 0 Å². The molecule has 2 atom stereocenters. The van der Waals surface area contributed by atoms with Crippen LogP contribution in [-0.4, -0.2) is 0 Å². The average Bonchev–Trinajstić information content (AvgIpc) is 3.70. The molecule has 3 aromatic carbocycles. The summed E-state index contributed by atoms with van der Waals surface area (Å²) in [6, 6.07) is 8.96. The maximum atomic E-state index is 2.57. The zero-order valence-corrected chi connectivity index (χ0v) is 30.4. The monoisotopic (exact) mass is 678 g/mol. The third-order valence-corrected chi connectivity index (χ3v) is 11.5. The average molecular weight is 681 g/mol. The third kappa shape index (κ3) is 4.04. The Kier molecular flexibility index (Phi) is 8.25. The molecule has 0 spiro atoms. The molecule has 2 unspecified atom stereocenters. The normalized spacial score (nSPS) is 19.8. The van der Waals surface area contributed by atoms with Gasteiger partial charge in [-0.2, -0.15) is 0 Å². The first-order valence-corrected chi connectivity index (χ1v) is 15.1. The second kappa shape index (κ2) is 11.0. The van der Waals surface area contributed by atoms with Crippen LogP contribution in [0.2, 0.25) is 0 Å². The van der Waals surface area contributed by atoms with Gasteiger partial charge in [-0.15, -0.1) is 0 Å². The van der Waals surface area contributed by atoms with Gasteiger partial charge in [0.2, 0.25) is 0 Å². The molecule has 1 saturated carbocycles. The molecule has 5 aliphatic rings. The van der Waals surface area contributed by atoms with Crippen molar-refractivity contribution in [1.82, 2.24) is 0 Å². The molecule has 5 aliphatic carbocycles. The summed E-state index contributed by atoms with van der Waals surface area (Å²) < 4.78 is 0. The van der Waals surface area contributed by atoms with Gasteiger partial charge in [0.15, 0.2) is 0 Å². The summed E-state index contributed by atoms with van der Waals surface area (Å²) in [6.07, 6.45) is 12.5. The molecule has 0 aromatic heterocycles. The van der Waals surface area contributed by atoms with Crippen molar-refractivity contribution in [3.05, 3.63) is 129 Å². The van der Waals surface area contributed by atoms with Gasteiger partial charge in [-0.1, -0.05) is 36.4 Å². The maximum absolute atomic E-state index is 2.57. The second-order valence-electron chi connectivity index (χ2n) is 13.0. The van der Waals surface area contributed by atoms with Crippen LogP contribution < -0.4 is 45.7 Å². The molecule has 8 rings (SSSR count). The molecule has 0 aliphatic heterocycles. The fourth-order valence-corrected chi connectivity index (χ4v) is 8.92. The molecule has 0 saturated heterocycles. The smallest absolute Gasteiger partial charge is 1.00 e. The molecular formula is C40H38Cl2Zr. The van der Waals surface area contributed by atoms with Gasteiger partial charge < -0.3 is 24.8 Å². The van der Waals surface area contributed by atoms with Crippen molar-refractivity contribution < 1.29 is 51.0 Å². The topological polar surface area (TPSA) is 0 Å².